The normalized spacial score (nSPS) is 12.9. The summed E-state index contributed by atoms with van der Waals surface area (Å²) in [7, 11) is 1.53. The molecule has 3 N–H and O–H groups in total. The van der Waals surface area contributed by atoms with Crippen molar-refractivity contribution in [2.45, 2.75) is 45.2 Å². The summed E-state index contributed by atoms with van der Waals surface area (Å²) in [6.45, 7) is 4.22. The Kier molecular flexibility index (Phi) is 7.53. The van der Waals surface area contributed by atoms with Gasteiger partial charge in [-0.25, -0.2) is 14.4 Å². The number of pyridine rings is 1. The topological polar surface area (TPSA) is 109 Å². The summed E-state index contributed by atoms with van der Waals surface area (Å²) in [4.78, 5) is 24.1. The maximum atomic E-state index is 13.8. The first kappa shape index (κ1) is 23.3. The highest BCUT2D eigenvalue weighted by Gasteiger charge is 2.25. The Balaban J connectivity index is 1.93. The van der Waals surface area contributed by atoms with Crippen molar-refractivity contribution in [3.05, 3.63) is 47.4 Å². The van der Waals surface area contributed by atoms with Crippen molar-refractivity contribution in [3.8, 4) is 5.75 Å². The van der Waals surface area contributed by atoms with Crippen molar-refractivity contribution in [2.75, 3.05) is 24.4 Å². The lowest BCUT2D eigenvalue weighted by Gasteiger charge is -2.29. The van der Waals surface area contributed by atoms with Gasteiger partial charge in [-0.05, 0) is 19.4 Å². The second-order valence-corrected chi connectivity index (χ2v) is 7.91. The van der Waals surface area contributed by atoms with Crippen LogP contribution in [0.15, 0.2) is 30.5 Å². The first-order valence-corrected chi connectivity index (χ1v) is 10.5. The summed E-state index contributed by atoms with van der Waals surface area (Å²) in [5.74, 6) is 0.731. The van der Waals surface area contributed by atoms with Gasteiger partial charge in [0.15, 0.2) is 5.82 Å². The highest BCUT2D eigenvalue weighted by molar-refractivity contribution is 5.86. The fourth-order valence-corrected chi connectivity index (χ4v) is 3.35. The molecule has 3 rings (SSSR count). The number of carbonyl (C=O) groups is 1. The number of hydrogen-bond donors (Lipinski definition) is 3. The number of carbonyl (C=O) groups excluding carboxylic acids is 1. The van der Waals surface area contributed by atoms with Crippen LogP contribution < -0.4 is 15.4 Å². The minimum Gasteiger partial charge on any atom is -0.496 e. The third-order valence-corrected chi connectivity index (χ3v) is 5.24. The second-order valence-electron chi connectivity index (χ2n) is 7.91. The molecule has 2 heterocycles. The van der Waals surface area contributed by atoms with E-state index in [1.165, 1.54) is 13.2 Å². The lowest BCUT2D eigenvalue weighted by atomic mass is 9.96. The Bertz CT molecular complexity index is 1090. The molecule has 0 aliphatic rings. The first-order valence-electron chi connectivity index (χ1n) is 10.5. The molecule has 0 radical (unpaired) electrons. The van der Waals surface area contributed by atoms with E-state index >= 15 is 0 Å². The second kappa shape index (κ2) is 10.3. The molecule has 8 nitrogen and oxygen atoms in total. The van der Waals surface area contributed by atoms with E-state index in [0.717, 1.165) is 37.3 Å². The number of hydrogen-bond acceptors (Lipinski definition) is 8. The van der Waals surface area contributed by atoms with E-state index in [9.17, 15) is 14.3 Å². The van der Waals surface area contributed by atoms with Crippen molar-refractivity contribution in [3.63, 3.8) is 0 Å². The molecule has 0 aliphatic carbocycles. The molecule has 1 atom stereocenters. The van der Waals surface area contributed by atoms with E-state index in [2.05, 4.69) is 32.5 Å². The van der Waals surface area contributed by atoms with Crippen LogP contribution in [0.4, 0.5) is 16.2 Å². The zero-order chi connectivity index (χ0) is 23.1. The predicted octanol–water partition coefficient (Wildman–Crippen LogP) is 3.95. The summed E-state index contributed by atoms with van der Waals surface area (Å²) in [5, 5.41) is 16.4. The molecule has 32 heavy (non-hydrogen) atoms. The Hall–Kier alpha value is -3.33. The predicted molar refractivity (Wildman–Crippen MR) is 122 cm³/mol. The van der Waals surface area contributed by atoms with Gasteiger partial charge in [0.25, 0.3) is 0 Å². The highest BCUT2D eigenvalue weighted by Crippen LogP contribution is 2.27. The zero-order valence-electron chi connectivity index (χ0n) is 18.5. The lowest BCUT2D eigenvalue weighted by molar-refractivity contribution is 0.112. The molecule has 0 saturated heterocycles. The third-order valence-electron chi connectivity index (χ3n) is 5.24. The van der Waals surface area contributed by atoms with E-state index in [4.69, 9.17) is 4.74 Å². The molecule has 1 aromatic carbocycles. The number of halogens is 1. The van der Waals surface area contributed by atoms with Crippen molar-refractivity contribution in [2.24, 2.45) is 0 Å². The van der Waals surface area contributed by atoms with Gasteiger partial charge < -0.3 is 20.5 Å². The van der Waals surface area contributed by atoms with Crippen molar-refractivity contribution < 1.29 is 19.0 Å². The molecule has 0 aliphatic heterocycles. The van der Waals surface area contributed by atoms with Gasteiger partial charge in [-0.15, -0.1) is 0 Å². The number of fused-ring (bicyclic) bond motifs is 1. The summed E-state index contributed by atoms with van der Waals surface area (Å²) >= 11 is 0. The summed E-state index contributed by atoms with van der Waals surface area (Å²) < 4.78 is 19.2. The maximum Gasteiger partial charge on any atom is 0.225 e. The largest absolute Gasteiger partial charge is 0.496 e. The molecule has 0 amide bonds. The van der Waals surface area contributed by atoms with Crippen molar-refractivity contribution >= 4 is 29.1 Å². The number of rotatable bonds is 11. The standard InChI is InChI=1S/C23H28FN5O3/c1-4-5-8-23(2,14-31)29-21-20-18(10-17(24)12-25-20)27-22(28-21)26-11-16-7-6-15(13-30)9-19(16)32-3/h6-7,9-10,12-13,31H,4-5,8,11,14H2,1-3H3,(H2,26,27,28,29). The van der Waals surface area contributed by atoms with Crippen LogP contribution in [-0.4, -0.2) is 45.6 Å². The Morgan fingerprint density at radius 1 is 1.28 bits per heavy atom. The number of nitrogens with one attached hydrogen (secondary N) is 2. The summed E-state index contributed by atoms with van der Waals surface area (Å²) in [6.07, 6.45) is 4.52. The monoisotopic (exact) mass is 441 g/mol. The summed E-state index contributed by atoms with van der Waals surface area (Å²) in [6, 6.07) is 6.42. The van der Waals surface area contributed by atoms with Crippen molar-refractivity contribution in [1.82, 2.24) is 15.0 Å². The van der Waals surface area contributed by atoms with Crippen LogP contribution in [0.2, 0.25) is 0 Å². The zero-order valence-corrected chi connectivity index (χ0v) is 18.5. The van der Waals surface area contributed by atoms with E-state index in [-0.39, 0.29) is 12.6 Å². The minimum absolute atomic E-state index is 0.0945. The molecular weight excluding hydrogens is 413 g/mol. The molecule has 3 aromatic rings. The smallest absolute Gasteiger partial charge is 0.225 e. The van der Waals surface area contributed by atoms with Gasteiger partial charge in [0.05, 0.1) is 31.0 Å². The van der Waals surface area contributed by atoms with E-state index < -0.39 is 11.4 Å². The fraction of sp³-hybridized carbons (Fsp3) is 0.391. The number of aliphatic hydroxyl groups excluding tert-OH is 1. The molecular formula is C23H28FN5O3. The molecule has 0 spiro atoms. The Morgan fingerprint density at radius 3 is 2.78 bits per heavy atom. The van der Waals surface area contributed by atoms with Gasteiger partial charge in [0.1, 0.15) is 23.4 Å². The van der Waals surface area contributed by atoms with Crippen LogP contribution in [0.25, 0.3) is 11.0 Å². The summed E-state index contributed by atoms with van der Waals surface area (Å²) in [5.41, 5.74) is 1.45. The number of nitrogens with zero attached hydrogens (tertiary/aromatic N) is 3. The number of aldehydes is 1. The number of ether oxygens (including phenoxy) is 1. The van der Waals surface area contributed by atoms with Crippen LogP contribution in [0.1, 0.15) is 49.0 Å². The van der Waals surface area contributed by atoms with Gasteiger partial charge >= 0.3 is 0 Å². The molecule has 170 valence electrons. The SMILES string of the molecule is CCCCC(C)(CO)Nc1nc(NCc2ccc(C=O)cc2OC)nc2cc(F)cnc12. The van der Waals surface area contributed by atoms with E-state index in [1.54, 1.807) is 18.2 Å². The Labute approximate surface area is 186 Å². The highest BCUT2D eigenvalue weighted by atomic mass is 19.1. The fourth-order valence-electron chi connectivity index (χ4n) is 3.35. The van der Waals surface area contributed by atoms with Gasteiger partial charge in [-0.2, -0.15) is 4.98 Å². The molecule has 1 unspecified atom stereocenters. The van der Waals surface area contributed by atoms with Crippen molar-refractivity contribution in [1.29, 1.82) is 0 Å². The number of benzene rings is 1. The van der Waals surface area contributed by atoms with E-state index in [0.29, 0.717) is 34.7 Å². The number of unbranched alkanes of at least 4 members (excludes halogenated alkanes) is 1. The average molecular weight is 442 g/mol. The van der Waals surface area contributed by atoms with Crippen LogP contribution in [-0.2, 0) is 6.54 Å². The van der Waals surface area contributed by atoms with Crippen LogP contribution in [0, 0.1) is 5.82 Å². The molecule has 9 heteroatoms. The van der Waals surface area contributed by atoms with Gasteiger partial charge in [0, 0.05) is 23.7 Å². The van der Waals surface area contributed by atoms with Gasteiger partial charge in [0.2, 0.25) is 5.95 Å². The van der Waals surface area contributed by atoms with E-state index in [1.807, 2.05) is 6.92 Å². The molecule has 0 fully saturated rings. The molecule has 0 bridgehead atoms. The van der Waals surface area contributed by atoms with Gasteiger partial charge in [-0.1, -0.05) is 31.9 Å². The number of aliphatic hydroxyl groups is 1. The first-order chi connectivity index (χ1) is 15.4. The average Bonchev–Trinajstić information content (AvgIpc) is 2.81. The Morgan fingerprint density at radius 2 is 2.09 bits per heavy atom. The minimum atomic E-state index is -0.613. The van der Waals surface area contributed by atoms with Gasteiger partial charge in [-0.3, -0.25) is 4.79 Å². The van der Waals surface area contributed by atoms with Crippen LogP contribution in [0.5, 0.6) is 5.75 Å². The van der Waals surface area contributed by atoms with Crippen LogP contribution in [0.3, 0.4) is 0 Å². The quantitative estimate of drug-likeness (QED) is 0.384. The maximum absolute atomic E-state index is 13.8. The third kappa shape index (κ3) is 5.47. The molecule has 2 aromatic heterocycles. The number of anilines is 2. The number of aromatic nitrogens is 3. The van der Waals surface area contributed by atoms with Crippen LogP contribution >= 0.6 is 0 Å². The number of methoxy groups -OCH3 is 1. The molecule has 0 saturated carbocycles. The lowest BCUT2D eigenvalue weighted by Crippen LogP contribution is -2.39.